The Balaban J connectivity index is 2.46. The maximum atomic E-state index is 2.42. The summed E-state index contributed by atoms with van der Waals surface area (Å²) >= 11 is 1.32. The summed E-state index contributed by atoms with van der Waals surface area (Å²) < 4.78 is 1.64. The Bertz CT molecular complexity index is 320. The molecule has 0 aromatic heterocycles. The van der Waals surface area contributed by atoms with Crippen molar-refractivity contribution in [1.29, 1.82) is 0 Å². The molecular formula is C11H16GeP. The topological polar surface area (TPSA) is 0 Å². The molecule has 0 N–H and O–H groups in total. The molecule has 1 radical (unpaired) electrons. The average molecular weight is 252 g/mol. The summed E-state index contributed by atoms with van der Waals surface area (Å²) in [6, 6.07) is 6.87. The van der Waals surface area contributed by atoms with Gasteiger partial charge in [-0.15, -0.1) is 0 Å². The molecule has 0 bridgehead atoms. The van der Waals surface area contributed by atoms with Gasteiger partial charge in [0.25, 0.3) is 0 Å². The number of hydrogen-bond donors (Lipinski definition) is 0. The van der Waals surface area contributed by atoms with Crippen LogP contribution in [0.4, 0.5) is 0 Å². The van der Waals surface area contributed by atoms with E-state index in [1.807, 2.05) is 0 Å². The van der Waals surface area contributed by atoms with Crippen molar-refractivity contribution < 1.29 is 0 Å². The molecule has 0 heterocycles. The van der Waals surface area contributed by atoms with Crippen LogP contribution in [0.1, 0.15) is 23.2 Å². The molecule has 2 rings (SSSR count). The molecule has 1 aliphatic rings. The molecule has 0 amide bonds. The van der Waals surface area contributed by atoms with Gasteiger partial charge in [0.05, 0.1) is 0 Å². The van der Waals surface area contributed by atoms with Gasteiger partial charge in [0, 0.05) is 0 Å². The van der Waals surface area contributed by atoms with Crippen LogP contribution in [0.3, 0.4) is 0 Å². The Labute approximate surface area is 90.1 Å². The van der Waals surface area contributed by atoms with E-state index in [4.69, 9.17) is 0 Å². The van der Waals surface area contributed by atoms with Crippen LogP contribution in [-0.4, -0.2) is 29.8 Å². The van der Waals surface area contributed by atoms with Crippen LogP contribution in [0.5, 0.6) is 0 Å². The molecule has 0 nitrogen and oxygen atoms in total. The molecule has 69 valence electrons. The van der Waals surface area contributed by atoms with Gasteiger partial charge in [0.15, 0.2) is 0 Å². The van der Waals surface area contributed by atoms with Gasteiger partial charge in [-0.3, -0.25) is 0 Å². The van der Waals surface area contributed by atoms with Crippen LogP contribution < -0.4 is 4.40 Å². The third-order valence-electron chi connectivity index (χ3n) is 2.93. The van der Waals surface area contributed by atoms with E-state index in [-0.39, 0.29) is 7.92 Å². The van der Waals surface area contributed by atoms with Crippen molar-refractivity contribution in [3.8, 4) is 0 Å². The Kier molecular flexibility index (Phi) is 2.81. The molecule has 0 aliphatic heterocycles. The fourth-order valence-corrected chi connectivity index (χ4v) is 5.40. The molecule has 0 saturated carbocycles. The van der Waals surface area contributed by atoms with E-state index in [2.05, 4.69) is 31.5 Å². The summed E-state index contributed by atoms with van der Waals surface area (Å²) in [5.41, 5.74) is 4.29. The SMILES string of the molecule is CP(C)C1CCc2ccc[c]([GeH2])c21. The molecule has 1 aromatic rings. The molecule has 0 saturated heterocycles. The van der Waals surface area contributed by atoms with Crippen LogP contribution in [0.25, 0.3) is 0 Å². The first kappa shape index (κ1) is 9.74. The van der Waals surface area contributed by atoms with E-state index in [1.165, 1.54) is 29.4 Å². The summed E-state index contributed by atoms with van der Waals surface area (Å²) in [6.07, 6.45) is 2.74. The fraction of sp³-hybridized carbons (Fsp3) is 0.455. The number of fused-ring (bicyclic) bond motifs is 1. The minimum atomic E-state index is 0.216. The second-order valence-electron chi connectivity index (χ2n) is 4.01. The van der Waals surface area contributed by atoms with Gasteiger partial charge in [-0.1, -0.05) is 0 Å². The molecule has 0 spiro atoms. The summed E-state index contributed by atoms with van der Waals surface area (Å²) in [5.74, 6) is 0. The predicted octanol–water partition coefficient (Wildman–Crippen LogP) is 1.67. The molecule has 13 heavy (non-hydrogen) atoms. The number of benzene rings is 1. The molecule has 2 heteroatoms. The van der Waals surface area contributed by atoms with Crippen LogP contribution in [-0.2, 0) is 6.42 Å². The molecule has 1 unspecified atom stereocenters. The van der Waals surface area contributed by atoms with E-state index < -0.39 is 0 Å². The molecule has 0 fully saturated rings. The number of hydrogen-bond acceptors (Lipinski definition) is 0. The Hall–Kier alpha value is 0.193. The molecule has 1 aromatic carbocycles. The van der Waals surface area contributed by atoms with Crippen molar-refractivity contribution >= 4 is 28.8 Å². The van der Waals surface area contributed by atoms with Gasteiger partial charge >= 0.3 is 90.0 Å². The first-order chi connectivity index (χ1) is 6.20. The van der Waals surface area contributed by atoms with E-state index in [1.54, 1.807) is 15.5 Å². The van der Waals surface area contributed by atoms with E-state index in [0.717, 1.165) is 5.66 Å². The minimum absolute atomic E-state index is 0.216. The van der Waals surface area contributed by atoms with Crippen LogP contribution in [0, 0.1) is 0 Å². The Morgan fingerprint density at radius 1 is 1.38 bits per heavy atom. The van der Waals surface area contributed by atoms with E-state index in [0.29, 0.717) is 0 Å². The van der Waals surface area contributed by atoms with Gasteiger partial charge in [-0.05, 0) is 0 Å². The van der Waals surface area contributed by atoms with Gasteiger partial charge in [0.1, 0.15) is 0 Å². The van der Waals surface area contributed by atoms with E-state index >= 15 is 0 Å². The number of rotatable bonds is 1. The van der Waals surface area contributed by atoms with Gasteiger partial charge < -0.3 is 0 Å². The van der Waals surface area contributed by atoms with Crippen molar-refractivity contribution in [3.63, 3.8) is 0 Å². The number of aryl methyl sites for hydroxylation is 1. The second kappa shape index (κ2) is 3.75. The normalized spacial score (nSPS) is 20.8. The quantitative estimate of drug-likeness (QED) is 0.526. The summed E-state index contributed by atoms with van der Waals surface area (Å²) in [7, 11) is 0.216. The van der Waals surface area contributed by atoms with E-state index in [9.17, 15) is 0 Å². The monoisotopic (exact) mass is 253 g/mol. The third-order valence-corrected chi connectivity index (χ3v) is 5.99. The van der Waals surface area contributed by atoms with Crippen LogP contribution >= 0.6 is 7.92 Å². The predicted molar refractivity (Wildman–Crippen MR) is 64.5 cm³/mol. The average Bonchev–Trinajstić information content (AvgIpc) is 2.49. The van der Waals surface area contributed by atoms with Crippen molar-refractivity contribution in [2.75, 3.05) is 13.3 Å². The first-order valence-electron chi connectivity index (χ1n) is 4.80. The zero-order chi connectivity index (χ0) is 9.42. The summed E-state index contributed by atoms with van der Waals surface area (Å²) in [5, 5.41) is 0. The zero-order valence-electron chi connectivity index (χ0n) is 8.38. The maximum absolute atomic E-state index is 2.42. The summed E-state index contributed by atoms with van der Waals surface area (Å²) in [4.78, 5) is 0. The standard InChI is InChI=1S/C11H16GeP/c1-13(2)10-7-6-8-4-3-5-9(12)11(8)10/h3-5,10H,6-7,12H2,1-2H3. The van der Waals surface area contributed by atoms with Crippen LogP contribution in [0.2, 0.25) is 0 Å². The summed E-state index contributed by atoms with van der Waals surface area (Å²) in [6.45, 7) is 4.84. The van der Waals surface area contributed by atoms with Crippen LogP contribution in [0.15, 0.2) is 18.2 Å². The molecule has 1 atom stereocenters. The van der Waals surface area contributed by atoms with Gasteiger partial charge in [-0.2, -0.15) is 0 Å². The van der Waals surface area contributed by atoms with Gasteiger partial charge in [0.2, 0.25) is 0 Å². The molecular weight excluding hydrogens is 236 g/mol. The van der Waals surface area contributed by atoms with Crippen molar-refractivity contribution in [3.05, 3.63) is 29.3 Å². The Morgan fingerprint density at radius 3 is 2.85 bits per heavy atom. The van der Waals surface area contributed by atoms with Crippen molar-refractivity contribution in [2.45, 2.75) is 18.5 Å². The fourth-order valence-electron chi connectivity index (χ4n) is 2.27. The van der Waals surface area contributed by atoms with Gasteiger partial charge in [-0.25, -0.2) is 0 Å². The van der Waals surface area contributed by atoms with Crippen molar-refractivity contribution in [2.24, 2.45) is 0 Å². The second-order valence-corrected chi connectivity index (χ2v) is 8.16. The third kappa shape index (κ3) is 1.71. The van der Waals surface area contributed by atoms with Crippen molar-refractivity contribution in [1.82, 2.24) is 0 Å². The Morgan fingerprint density at radius 2 is 2.15 bits per heavy atom. The first-order valence-corrected chi connectivity index (χ1v) is 8.59. The molecule has 1 aliphatic carbocycles. The zero-order valence-corrected chi connectivity index (χ0v) is 12.2.